The zero-order valence-electron chi connectivity index (χ0n) is 22.6. The molecule has 0 spiro atoms. The predicted molar refractivity (Wildman–Crippen MR) is 158 cm³/mol. The fraction of sp³-hybridized carbons (Fsp3) is 0.312. The maximum atomic E-state index is 13.6. The van der Waals surface area contributed by atoms with Gasteiger partial charge in [0.2, 0.25) is 0 Å². The molecule has 1 heterocycles. The summed E-state index contributed by atoms with van der Waals surface area (Å²) in [5, 5.41) is 3.04. The van der Waals surface area contributed by atoms with Gasteiger partial charge in [0.05, 0.1) is 17.1 Å². The topological polar surface area (TPSA) is 52.7 Å². The van der Waals surface area contributed by atoms with E-state index < -0.39 is 0 Å². The molecular weight excluding hydrogens is 490 g/mol. The third kappa shape index (κ3) is 7.15. The number of para-hydroxylation sites is 1. The van der Waals surface area contributed by atoms with Gasteiger partial charge in [0.1, 0.15) is 0 Å². The van der Waals surface area contributed by atoms with Crippen LogP contribution in [0.2, 0.25) is 0 Å². The normalized spacial score (nSPS) is 14.2. The molecule has 4 rings (SSSR count). The molecule has 1 N–H and O–H groups in total. The van der Waals surface area contributed by atoms with Crippen molar-refractivity contribution in [1.29, 1.82) is 0 Å². The molecule has 0 fully saturated rings. The van der Waals surface area contributed by atoms with Crippen LogP contribution in [0.1, 0.15) is 53.7 Å². The van der Waals surface area contributed by atoms with Crippen LogP contribution in [0.3, 0.4) is 0 Å². The first kappa shape index (κ1) is 27.7. The summed E-state index contributed by atoms with van der Waals surface area (Å²) in [6, 6.07) is 23.8. The number of hydrogen-bond donors (Lipinski definition) is 1. The molecule has 1 aliphatic heterocycles. The van der Waals surface area contributed by atoms with Crippen molar-refractivity contribution in [2.24, 2.45) is 0 Å². The summed E-state index contributed by atoms with van der Waals surface area (Å²) in [6.45, 7) is 10.5. The Labute approximate surface area is 230 Å². The second-order valence-electron chi connectivity index (χ2n) is 9.68. The van der Waals surface area contributed by atoms with Crippen LogP contribution in [-0.2, 0) is 11.3 Å². The van der Waals surface area contributed by atoms with Crippen LogP contribution < -0.4 is 10.2 Å². The number of nitrogens with zero attached hydrogens (tertiary/aromatic N) is 2. The lowest BCUT2D eigenvalue weighted by atomic mass is 10.1. The second kappa shape index (κ2) is 13.4. The van der Waals surface area contributed by atoms with Crippen molar-refractivity contribution in [3.63, 3.8) is 0 Å². The summed E-state index contributed by atoms with van der Waals surface area (Å²) < 4.78 is 0. The van der Waals surface area contributed by atoms with E-state index in [4.69, 9.17) is 0 Å². The van der Waals surface area contributed by atoms with Gasteiger partial charge < -0.3 is 15.1 Å². The van der Waals surface area contributed by atoms with Gasteiger partial charge in [-0.1, -0.05) is 79.7 Å². The molecule has 0 bridgehead atoms. The Morgan fingerprint density at radius 1 is 0.947 bits per heavy atom. The van der Waals surface area contributed by atoms with Gasteiger partial charge in [-0.05, 0) is 74.3 Å². The van der Waals surface area contributed by atoms with Gasteiger partial charge in [0.15, 0.2) is 0 Å². The molecule has 0 radical (unpaired) electrons. The zero-order chi connectivity index (χ0) is 26.9. The van der Waals surface area contributed by atoms with Crippen molar-refractivity contribution < 1.29 is 9.59 Å². The molecule has 6 heteroatoms. The number of thioether (sulfide) groups is 1. The molecule has 1 aliphatic rings. The molecule has 0 saturated heterocycles. The number of aryl methyl sites for hydroxylation is 1. The van der Waals surface area contributed by atoms with Gasteiger partial charge in [-0.2, -0.15) is 0 Å². The Balaban J connectivity index is 1.46. The molecule has 198 valence electrons. The van der Waals surface area contributed by atoms with Crippen LogP contribution in [0.5, 0.6) is 0 Å². The first-order chi connectivity index (χ1) is 18.5. The molecule has 0 aliphatic carbocycles. The number of anilines is 1. The highest BCUT2D eigenvalue weighted by atomic mass is 32.2. The predicted octanol–water partition coefficient (Wildman–Crippen LogP) is 6.53. The number of carbonyl (C=O) groups is 2. The van der Waals surface area contributed by atoms with Crippen LogP contribution in [0.25, 0.3) is 6.08 Å². The van der Waals surface area contributed by atoms with Crippen LogP contribution in [0.4, 0.5) is 5.69 Å². The van der Waals surface area contributed by atoms with Crippen molar-refractivity contribution >= 4 is 35.3 Å². The third-order valence-electron chi connectivity index (χ3n) is 6.52. The minimum absolute atomic E-state index is 0.0132. The summed E-state index contributed by atoms with van der Waals surface area (Å²) in [4.78, 5) is 32.2. The first-order valence-electron chi connectivity index (χ1n) is 13.4. The van der Waals surface area contributed by atoms with Crippen molar-refractivity contribution in [2.45, 2.75) is 45.1 Å². The van der Waals surface area contributed by atoms with Crippen LogP contribution in [0, 0.1) is 6.92 Å². The lowest BCUT2D eigenvalue weighted by Gasteiger charge is -2.30. The summed E-state index contributed by atoms with van der Waals surface area (Å²) in [5.74, 6) is -0.0840. The van der Waals surface area contributed by atoms with Crippen LogP contribution >= 0.6 is 11.8 Å². The molecule has 3 aromatic carbocycles. The van der Waals surface area contributed by atoms with Crippen molar-refractivity contribution in [3.05, 3.63) is 100.0 Å². The van der Waals surface area contributed by atoms with Gasteiger partial charge in [-0.25, -0.2) is 0 Å². The molecule has 38 heavy (non-hydrogen) atoms. The molecule has 2 amide bonds. The Morgan fingerprint density at radius 2 is 1.68 bits per heavy atom. The molecule has 0 atom stereocenters. The largest absolute Gasteiger partial charge is 0.351 e. The number of nitrogens with one attached hydrogen (secondary N) is 1. The number of benzene rings is 3. The smallest absolute Gasteiger partial charge is 0.265 e. The van der Waals surface area contributed by atoms with E-state index in [9.17, 15) is 9.59 Å². The Bertz CT molecular complexity index is 1280. The molecule has 3 aromatic rings. The fourth-order valence-electron chi connectivity index (χ4n) is 4.69. The second-order valence-corrected chi connectivity index (χ2v) is 10.8. The zero-order valence-corrected chi connectivity index (χ0v) is 23.4. The molecule has 5 nitrogen and oxygen atoms in total. The van der Waals surface area contributed by atoms with E-state index in [1.807, 2.05) is 59.5 Å². The highest BCUT2D eigenvalue weighted by molar-refractivity contribution is 8.04. The Morgan fingerprint density at radius 3 is 2.39 bits per heavy atom. The summed E-state index contributed by atoms with van der Waals surface area (Å²) in [6.07, 6.45) is 4.14. The van der Waals surface area contributed by atoms with Crippen LogP contribution in [-0.4, -0.2) is 42.9 Å². The lowest BCUT2D eigenvalue weighted by molar-refractivity contribution is -0.114. The highest BCUT2D eigenvalue weighted by Crippen LogP contribution is 2.42. The van der Waals surface area contributed by atoms with E-state index in [1.54, 1.807) is 0 Å². The number of hydrogen-bond acceptors (Lipinski definition) is 4. The molecule has 0 aromatic heterocycles. The van der Waals surface area contributed by atoms with Gasteiger partial charge in [0, 0.05) is 23.5 Å². The van der Waals surface area contributed by atoms with E-state index in [0.717, 1.165) is 54.2 Å². The Hall–Kier alpha value is -3.35. The third-order valence-corrected chi connectivity index (χ3v) is 7.60. The molecular formula is C32H37N3O2S. The average molecular weight is 528 g/mol. The van der Waals surface area contributed by atoms with Gasteiger partial charge in [-0.3, -0.25) is 9.59 Å². The van der Waals surface area contributed by atoms with Crippen LogP contribution in [0.15, 0.2) is 82.6 Å². The minimum Gasteiger partial charge on any atom is -0.351 e. The van der Waals surface area contributed by atoms with Gasteiger partial charge in [-0.15, -0.1) is 0 Å². The molecule has 0 unspecified atom stereocenters. The monoisotopic (exact) mass is 527 g/mol. The van der Waals surface area contributed by atoms with E-state index in [0.29, 0.717) is 23.6 Å². The number of rotatable bonds is 11. The summed E-state index contributed by atoms with van der Waals surface area (Å²) >= 11 is 1.50. The van der Waals surface area contributed by atoms with Gasteiger partial charge >= 0.3 is 0 Å². The fourth-order valence-corrected chi connectivity index (χ4v) is 5.75. The maximum absolute atomic E-state index is 13.6. The van der Waals surface area contributed by atoms with E-state index >= 15 is 0 Å². The Kier molecular flexibility index (Phi) is 9.79. The number of fused-ring (bicyclic) bond motifs is 1. The van der Waals surface area contributed by atoms with Crippen molar-refractivity contribution in [3.8, 4) is 0 Å². The van der Waals surface area contributed by atoms with E-state index in [-0.39, 0.29) is 11.8 Å². The number of amides is 2. The van der Waals surface area contributed by atoms with E-state index in [2.05, 4.69) is 55.3 Å². The van der Waals surface area contributed by atoms with Crippen molar-refractivity contribution in [2.75, 3.05) is 31.1 Å². The summed E-state index contributed by atoms with van der Waals surface area (Å²) in [5.41, 5.74) is 4.73. The highest BCUT2D eigenvalue weighted by Gasteiger charge is 2.29. The lowest BCUT2D eigenvalue weighted by Crippen LogP contribution is -2.35. The molecule has 0 saturated carbocycles. The average Bonchev–Trinajstić information content (AvgIpc) is 2.91. The minimum atomic E-state index is -0.0708. The summed E-state index contributed by atoms with van der Waals surface area (Å²) in [7, 11) is 0. The van der Waals surface area contributed by atoms with Gasteiger partial charge in [0.25, 0.3) is 11.8 Å². The first-order valence-corrected chi connectivity index (χ1v) is 14.3. The SMILES string of the molecule is CCCN(CCC)CCNC(=O)c1ccc(C=C2Sc3ccccc3N(Cc3cccc(C)c3)C2=O)cc1. The maximum Gasteiger partial charge on any atom is 0.265 e. The quantitative estimate of drug-likeness (QED) is 0.288. The standard InChI is InChI=1S/C32H37N3O2S/c1-4-18-34(19-5-2)20-17-33-31(36)27-15-13-25(14-16-27)22-30-32(37)35(23-26-10-8-9-24(3)21-26)28-11-6-7-12-29(28)38-30/h6-16,21-22H,4-5,17-20,23H2,1-3H3,(H,33,36). The number of carbonyl (C=O) groups excluding carboxylic acids is 2. The van der Waals surface area contributed by atoms with E-state index in [1.165, 1.54) is 17.3 Å². The van der Waals surface area contributed by atoms with Crippen molar-refractivity contribution in [1.82, 2.24) is 10.2 Å².